The van der Waals surface area contributed by atoms with E-state index in [1.165, 1.54) is 5.56 Å². The summed E-state index contributed by atoms with van der Waals surface area (Å²) in [6.07, 6.45) is 4.52. The molecule has 0 unspecified atom stereocenters. The number of carbonyl (C=O) groups excluding carboxylic acids is 1. The topological polar surface area (TPSA) is 54.5 Å². The number of aromatic nitrogens is 1. The Kier molecular flexibility index (Phi) is 3.61. The van der Waals surface area contributed by atoms with Crippen molar-refractivity contribution < 1.29 is 9.53 Å². The van der Waals surface area contributed by atoms with Gasteiger partial charge >= 0.3 is 6.09 Å². The Morgan fingerprint density at radius 2 is 2.20 bits per heavy atom. The average Bonchev–Trinajstić information content (AvgIpc) is 2.84. The minimum absolute atomic E-state index is 0.257. The first-order valence-electron chi connectivity index (χ1n) is 7.32. The van der Waals surface area contributed by atoms with Gasteiger partial charge in [0.25, 0.3) is 0 Å². The Hall–Kier alpha value is -1.62. The molecule has 1 amide bonds. The summed E-state index contributed by atoms with van der Waals surface area (Å²) in [5.41, 5.74) is 2.13. The van der Waals surface area contributed by atoms with E-state index in [9.17, 15) is 4.79 Å². The lowest BCUT2D eigenvalue weighted by Crippen LogP contribution is -2.46. The molecule has 0 aliphatic carbocycles. The van der Waals surface area contributed by atoms with E-state index < -0.39 is 0 Å². The zero-order chi connectivity index (χ0) is 14.0. The minimum atomic E-state index is -0.268. The number of aryl methyl sites for hydroxylation is 1. The second-order valence-electron chi connectivity index (χ2n) is 5.71. The molecule has 5 nitrogen and oxygen atoms in total. The predicted octanol–water partition coefficient (Wildman–Crippen LogP) is 1.72. The molecule has 1 spiro atoms. The van der Waals surface area contributed by atoms with Crippen LogP contribution in [0.1, 0.15) is 31.0 Å². The highest BCUT2D eigenvalue weighted by Gasteiger charge is 2.42. The number of hydrogen-bond acceptors (Lipinski definition) is 4. The first-order valence-corrected chi connectivity index (χ1v) is 7.32. The van der Waals surface area contributed by atoms with Crippen LogP contribution in [0.25, 0.3) is 0 Å². The van der Waals surface area contributed by atoms with Gasteiger partial charge in [-0.05, 0) is 18.1 Å². The molecule has 0 saturated carbocycles. The number of amides is 1. The summed E-state index contributed by atoms with van der Waals surface area (Å²) in [5, 5.41) is 2.77. The molecule has 1 aromatic rings. The van der Waals surface area contributed by atoms with Crippen LogP contribution in [0, 0.1) is 0 Å². The normalized spacial score (nSPS) is 21.8. The summed E-state index contributed by atoms with van der Waals surface area (Å²) >= 11 is 0. The Labute approximate surface area is 119 Å². The number of ether oxygens (including phenoxy) is 1. The van der Waals surface area contributed by atoms with Crippen molar-refractivity contribution in [3.8, 4) is 0 Å². The lowest BCUT2D eigenvalue weighted by Gasteiger charge is -2.36. The molecule has 108 valence electrons. The van der Waals surface area contributed by atoms with Crippen LogP contribution in [-0.4, -0.2) is 41.2 Å². The maximum atomic E-state index is 11.2. The van der Waals surface area contributed by atoms with Gasteiger partial charge in [-0.3, -0.25) is 9.88 Å². The maximum absolute atomic E-state index is 11.2. The van der Waals surface area contributed by atoms with Gasteiger partial charge in [-0.15, -0.1) is 0 Å². The van der Waals surface area contributed by atoms with Crippen molar-refractivity contribution in [1.82, 2.24) is 15.2 Å². The molecule has 2 fully saturated rings. The number of carbonyl (C=O) groups is 1. The Morgan fingerprint density at radius 1 is 1.40 bits per heavy atom. The van der Waals surface area contributed by atoms with Gasteiger partial charge in [-0.25, -0.2) is 4.79 Å². The molecule has 20 heavy (non-hydrogen) atoms. The zero-order valence-corrected chi connectivity index (χ0v) is 11.9. The number of hydrogen-bond donors (Lipinski definition) is 1. The van der Waals surface area contributed by atoms with E-state index in [4.69, 9.17) is 4.74 Å². The third kappa shape index (κ3) is 2.77. The molecule has 2 saturated heterocycles. The lowest BCUT2D eigenvalue weighted by atomic mass is 9.91. The van der Waals surface area contributed by atoms with Gasteiger partial charge in [0.2, 0.25) is 0 Å². The van der Waals surface area contributed by atoms with Gasteiger partial charge in [0, 0.05) is 38.7 Å². The van der Waals surface area contributed by atoms with Gasteiger partial charge in [-0.1, -0.05) is 13.0 Å². The van der Waals surface area contributed by atoms with Crippen LogP contribution in [0.4, 0.5) is 4.79 Å². The molecule has 2 aliphatic heterocycles. The van der Waals surface area contributed by atoms with Crippen LogP contribution in [0.15, 0.2) is 18.3 Å². The van der Waals surface area contributed by atoms with Crippen LogP contribution in [0.5, 0.6) is 0 Å². The van der Waals surface area contributed by atoms with Crippen molar-refractivity contribution in [2.45, 2.75) is 38.3 Å². The van der Waals surface area contributed by atoms with Crippen molar-refractivity contribution in [2.24, 2.45) is 0 Å². The van der Waals surface area contributed by atoms with Gasteiger partial charge in [0.15, 0.2) is 0 Å². The van der Waals surface area contributed by atoms with Crippen LogP contribution in [-0.2, 0) is 17.7 Å². The van der Waals surface area contributed by atoms with Crippen molar-refractivity contribution in [2.75, 3.05) is 19.6 Å². The second-order valence-corrected chi connectivity index (χ2v) is 5.71. The second kappa shape index (κ2) is 5.40. The quantitative estimate of drug-likeness (QED) is 0.912. The van der Waals surface area contributed by atoms with E-state index in [2.05, 4.69) is 34.3 Å². The highest BCUT2D eigenvalue weighted by Crippen LogP contribution is 2.29. The SMILES string of the molecule is CCc1ccc(CN2CCC3(CC2)CNC(=O)O3)nc1. The molecule has 0 radical (unpaired) electrons. The van der Waals surface area contributed by atoms with E-state index in [0.29, 0.717) is 6.54 Å². The number of rotatable bonds is 3. The van der Waals surface area contributed by atoms with Gasteiger partial charge in [0.05, 0.1) is 12.2 Å². The Balaban J connectivity index is 1.54. The molecule has 0 atom stereocenters. The van der Waals surface area contributed by atoms with E-state index >= 15 is 0 Å². The molecule has 0 aromatic carbocycles. The van der Waals surface area contributed by atoms with Crippen molar-refractivity contribution in [1.29, 1.82) is 0 Å². The fourth-order valence-electron chi connectivity index (χ4n) is 2.89. The molecule has 3 rings (SSSR count). The number of likely N-dealkylation sites (tertiary alicyclic amines) is 1. The van der Waals surface area contributed by atoms with Crippen molar-refractivity contribution >= 4 is 6.09 Å². The standard InChI is InChI=1S/C15H21N3O2/c1-2-12-3-4-13(16-9-12)10-18-7-5-15(6-8-18)11-17-14(19)20-15/h3-4,9H,2,5-8,10-11H2,1H3,(H,17,19). The molecule has 5 heteroatoms. The summed E-state index contributed by atoms with van der Waals surface area (Å²) in [6, 6.07) is 4.26. The number of nitrogens with one attached hydrogen (secondary N) is 1. The van der Waals surface area contributed by atoms with E-state index in [1.54, 1.807) is 0 Å². The largest absolute Gasteiger partial charge is 0.441 e. The molecule has 1 N–H and O–H groups in total. The lowest BCUT2D eigenvalue weighted by molar-refractivity contribution is -0.00128. The van der Waals surface area contributed by atoms with Crippen LogP contribution in [0.3, 0.4) is 0 Å². The molecule has 0 bridgehead atoms. The highest BCUT2D eigenvalue weighted by molar-refractivity contribution is 5.70. The fourth-order valence-corrected chi connectivity index (χ4v) is 2.89. The van der Waals surface area contributed by atoms with Crippen molar-refractivity contribution in [3.63, 3.8) is 0 Å². The summed E-state index contributed by atoms with van der Waals surface area (Å²) < 4.78 is 5.43. The van der Waals surface area contributed by atoms with Crippen LogP contribution in [0.2, 0.25) is 0 Å². The van der Waals surface area contributed by atoms with Crippen molar-refractivity contribution in [3.05, 3.63) is 29.6 Å². The van der Waals surface area contributed by atoms with Gasteiger partial charge in [-0.2, -0.15) is 0 Å². The molecule has 3 heterocycles. The first kappa shape index (κ1) is 13.4. The third-order valence-corrected chi connectivity index (χ3v) is 4.31. The minimum Gasteiger partial charge on any atom is -0.441 e. The molecular weight excluding hydrogens is 254 g/mol. The third-order valence-electron chi connectivity index (χ3n) is 4.31. The van der Waals surface area contributed by atoms with Gasteiger partial charge in [0.1, 0.15) is 5.60 Å². The van der Waals surface area contributed by atoms with E-state index in [1.807, 2.05) is 6.20 Å². The predicted molar refractivity (Wildman–Crippen MR) is 75.3 cm³/mol. The average molecular weight is 275 g/mol. The Bertz CT molecular complexity index is 478. The van der Waals surface area contributed by atoms with E-state index in [0.717, 1.165) is 44.6 Å². The number of nitrogens with zero attached hydrogens (tertiary/aromatic N) is 2. The van der Waals surface area contributed by atoms with Crippen LogP contribution < -0.4 is 5.32 Å². The van der Waals surface area contributed by atoms with Crippen LogP contribution >= 0.6 is 0 Å². The number of piperidine rings is 1. The summed E-state index contributed by atoms with van der Waals surface area (Å²) in [5.74, 6) is 0. The molecule has 1 aromatic heterocycles. The van der Waals surface area contributed by atoms with E-state index in [-0.39, 0.29) is 11.7 Å². The molecule has 2 aliphatic rings. The Morgan fingerprint density at radius 3 is 2.75 bits per heavy atom. The summed E-state index contributed by atoms with van der Waals surface area (Å²) in [7, 11) is 0. The maximum Gasteiger partial charge on any atom is 0.407 e. The number of alkyl carbamates (subject to hydrolysis) is 1. The zero-order valence-electron chi connectivity index (χ0n) is 11.9. The molecular formula is C15H21N3O2. The fraction of sp³-hybridized carbons (Fsp3) is 0.600. The monoisotopic (exact) mass is 275 g/mol. The highest BCUT2D eigenvalue weighted by atomic mass is 16.6. The smallest absolute Gasteiger partial charge is 0.407 e. The number of pyridine rings is 1. The summed E-state index contributed by atoms with van der Waals surface area (Å²) in [6.45, 7) is 5.57. The van der Waals surface area contributed by atoms with Gasteiger partial charge < -0.3 is 10.1 Å². The first-order chi connectivity index (χ1) is 9.69. The summed E-state index contributed by atoms with van der Waals surface area (Å²) in [4.78, 5) is 18.1.